The highest BCUT2D eigenvalue weighted by atomic mass is 32.1. The van der Waals surface area contributed by atoms with E-state index >= 15 is 0 Å². The lowest BCUT2D eigenvalue weighted by molar-refractivity contribution is -0.139. The third-order valence-electron chi connectivity index (χ3n) is 1.15. The first-order chi connectivity index (χ1) is 4.95. The van der Waals surface area contributed by atoms with Gasteiger partial charge in [0.2, 0.25) is 0 Å². The highest BCUT2D eigenvalue weighted by Crippen LogP contribution is 2.07. The minimum Gasteiger partial charge on any atom is -0.480 e. The standard InChI is InChI=1S/C7H12O3S/c1-4(2)3-5(8)6(11)7(9)10/h4,6,11H,3H2,1-2H3,(H,9,10). The van der Waals surface area contributed by atoms with Crippen molar-refractivity contribution in [2.45, 2.75) is 25.5 Å². The Bertz CT molecular complexity index is 165. The van der Waals surface area contributed by atoms with Crippen LogP contribution in [-0.4, -0.2) is 22.1 Å². The molecule has 0 radical (unpaired) electrons. The summed E-state index contributed by atoms with van der Waals surface area (Å²) in [6.45, 7) is 3.72. The zero-order valence-corrected chi connectivity index (χ0v) is 7.47. The lowest BCUT2D eigenvalue weighted by Gasteiger charge is -2.05. The summed E-state index contributed by atoms with van der Waals surface area (Å²) in [4.78, 5) is 21.2. The van der Waals surface area contributed by atoms with Crippen LogP contribution in [0.25, 0.3) is 0 Å². The molecule has 1 unspecified atom stereocenters. The van der Waals surface area contributed by atoms with Gasteiger partial charge in [-0.2, -0.15) is 12.6 Å². The fourth-order valence-electron chi connectivity index (χ4n) is 0.652. The Morgan fingerprint density at radius 2 is 1.91 bits per heavy atom. The molecule has 0 saturated carbocycles. The number of carboxylic acids is 1. The lowest BCUT2D eigenvalue weighted by Crippen LogP contribution is -2.25. The molecule has 0 amide bonds. The van der Waals surface area contributed by atoms with Crippen LogP contribution >= 0.6 is 12.6 Å². The van der Waals surface area contributed by atoms with Crippen LogP contribution in [0.15, 0.2) is 0 Å². The largest absolute Gasteiger partial charge is 0.480 e. The van der Waals surface area contributed by atoms with Gasteiger partial charge in [-0.05, 0) is 5.92 Å². The van der Waals surface area contributed by atoms with E-state index in [4.69, 9.17) is 5.11 Å². The van der Waals surface area contributed by atoms with E-state index in [-0.39, 0.29) is 18.1 Å². The summed E-state index contributed by atoms with van der Waals surface area (Å²) < 4.78 is 0. The van der Waals surface area contributed by atoms with Gasteiger partial charge in [-0.1, -0.05) is 13.8 Å². The molecule has 1 atom stereocenters. The van der Waals surface area contributed by atoms with Crippen molar-refractivity contribution in [2.75, 3.05) is 0 Å². The van der Waals surface area contributed by atoms with Gasteiger partial charge in [0.1, 0.15) is 0 Å². The van der Waals surface area contributed by atoms with Crippen molar-refractivity contribution in [2.24, 2.45) is 5.92 Å². The molecule has 0 aliphatic heterocycles. The summed E-state index contributed by atoms with van der Waals surface area (Å²) in [6, 6.07) is 0. The van der Waals surface area contributed by atoms with E-state index in [0.29, 0.717) is 0 Å². The van der Waals surface area contributed by atoms with E-state index in [1.165, 1.54) is 0 Å². The number of aliphatic carboxylic acids is 1. The number of Topliss-reactive ketones (excluding diaryl/α,β-unsaturated/α-hetero) is 1. The molecule has 4 heteroatoms. The highest BCUT2D eigenvalue weighted by Gasteiger charge is 2.21. The van der Waals surface area contributed by atoms with Crippen LogP contribution in [0.5, 0.6) is 0 Å². The van der Waals surface area contributed by atoms with Crippen LogP contribution in [0, 0.1) is 5.92 Å². The molecule has 0 fully saturated rings. The number of carbonyl (C=O) groups excluding carboxylic acids is 1. The molecule has 1 N–H and O–H groups in total. The van der Waals surface area contributed by atoms with E-state index in [2.05, 4.69) is 12.6 Å². The molecule has 11 heavy (non-hydrogen) atoms. The molecule has 0 aliphatic carbocycles. The second kappa shape index (κ2) is 4.38. The molecule has 0 aromatic heterocycles. The molecular formula is C7H12O3S. The van der Waals surface area contributed by atoms with Gasteiger partial charge >= 0.3 is 5.97 Å². The summed E-state index contributed by atoms with van der Waals surface area (Å²) in [5.74, 6) is -1.30. The second-order valence-electron chi connectivity index (χ2n) is 2.81. The summed E-state index contributed by atoms with van der Waals surface area (Å²) >= 11 is 3.65. The van der Waals surface area contributed by atoms with Crippen molar-refractivity contribution in [3.63, 3.8) is 0 Å². The number of rotatable bonds is 4. The van der Waals surface area contributed by atoms with Crippen LogP contribution in [0.1, 0.15) is 20.3 Å². The lowest BCUT2D eigenvalue weighted by atomic mass is 10.1. The van der Waals surface area contributed by atoms with Gasteiger partial charge < -0.3 is 5.11 Å². The predicted octanol–water partition coefficient (Wildman–Crippen LogP) is 0.985. The van der Waals surface area contributed by atoms with Crippen LogP contribution in [-0.2, 0) is 9.59 Å². The third-order valence-corrected chi connectivity index (χ3v) is 1.66. The van der Waals surface area contributed by atoms with Gasteiger partial charge in [0.25, 0.3) is 0 Å². The predicted molar refractivity (Wildman–Crippen MR) is 44.9 cm³/mol. The van der Waals surface area contributed by atoms with Gasteiger partial charge in [0.15, 0.2) is 11.0 Å². The van der Waals surface area contributed by atoms with E-state index in [1.54, 1.807) is 0 Å². The molecule has 0 spiro atoms. The fourth-order valence-corrected chi connectivity index (χ4v) is 0.757. The number of thiol groups is 1. The Morgan fingerprint density at radius 1 is 1.45 bits per heavy atom. The van der Waals surface area contributed by atoms with Crippen molar-refractivity contribution in [3.8, 4) is 0 Å². The number of carbonyl (C=O) groups is 2. The minimum absolute atomic E-state index is 0.191. The van der Waals surface area contributed by atoms with E-state index in [9.17, 15) is 9.59 Å². The number of carboxylic acid groups (broad SMARTS) is 1. The Labute approximate surface area is 71.2 Å². The maximum absolute atomic E-state index is 10.9. The van der Waals surface area contributed by atoms with E-state index in [1.807, 2.05) is 13.8 Å². The molecule has 0 aromatic carbocycles. The van der Waals surface area contributed by atoms with Crippen molar-refractivity contribution in [1.82, 2.24) is 0 Å². The van der Waals surface area contributed by atoms with Gasteiger partial charge in [0, 0.05) is 6.42 Å². The first kappa shape index (κ1) is 10.5. The molecule has 0 bridgehead atoms. The van der Waals surface area contributed by atoms with Gasteiger partial charge in [-0.3, -0.25) is 9.59 Å². The number of ketones is 1. The first-order valence-corrected chi connectivity index (χ1v) is 3.90. The van der Waals surface area contributed by atoms with Gasteiger partial charge in [0.05, 0.1) is 0 Å². The molecule has 3 nitrogen and oxygen atoms in total. The molecule has 0 saturated heterocycles. The SMILES string of the molecule is CC(C)CC(=O)C(S)C(=O)O. The molecule has 64 valence electrons. The average Bonchev–Trinajstić information content (AvgIpc) is 1.84. The Hall–Kier alpha value is -0.510. The smallest absolute Gasteiger partial charge is 0.324 e. The number of hydrogen-bond acceptors (Lipinski definition) is 3. The zero-order valence-electron chi connectivity index (χ0n) is 6.57. The Balaban J connectivity index is 3.93. The van der Waals surface area contributed by atoms with Gasteiger partial charge in [-0.25, -0.2) is 0 Å². The molecule has 0 heterocycles. The molecule has 0 aromatic rings. The fraction of sp³-hybridized carbons (Fsp3) is 0.714. The first-order valence-electron chi connectivity index (χ1n) is 3.38. The van der Waals surface area contributed by atoms with Crippen molar-refractivity contribution in [1.29, 1.82) is 0 Å². The summed E-state index contributed by atoms with van der Waals surface area (Å²) in [7, 11) is 0. The topological polar surface area (TPSA) is 54.4 Å². The maximum atomic E-state index is 10.9. The monoisotopic (exact) mass is 176 g/mol. The molecule has 0 aliphatic rings. The molecule has 0 rings (SSSR count). The quantitative estimate of drug-likeness (QED) is 0.496. The van der Waals surface area contributed by atoms with E-state index < -0.39 is 11.2 Å². The van der Waals surface area contributed by atoms with Crippen molar-refractivity contribution < 1.29 is 14.7 Å². The summed E-state index contributed by atoms with van der Waals surface area (Å²) in [5, 5.41) is 7.21. The van der Waals surface area contributed by atoms with Crippen LogP contribution in [0.3, 0.4) is 0 Å². The minimum atomic E-state index is -1.17. The zero-order chi connectivity index (χ0) is 9.02. The average molecular weight is 176 g/mol. The third kappa shape index (κ3) is 4.03. The Kier molecular flexibility index (Phi) is 4.18. The summed E-state index contributed by atoms with van der Waals surface area (Å²) in [5.41, 5.74) is 0. The van der Waals surface area contributed by atoms with Crippen LogP contribution < -0.4 is 0 Å². The number of hydrogen-bond donors (Lipinski definition) is 2. The van der Waals surface area contributed by atoms with Crippen LogP contribution in [0.2, 0.25) is 0 Å². The second-order valence-corrected chi connectivity index (χ2v) is 3.32. The van der Waals surface area contributed by atoms with Crippen molar-refractivity contribution in [3.05, 3.63) is 0 Å². The van der Waals surface area contributed by atoms with Gasteiger partial charge in [-0.15, -0.1) is 0 Å². The highest BCUT2D eigenvalue weighted by molar-refractivity contribution is 7.82. The maximum Gasteiger partial charge on any atom is 0.324 e. The van der Waals surface area contributed by atoms with E-state index in [0.717, 1.165) is 0 Å². The van der Waals surface area contributed by atoms with Crippen molar-refractivity contribution >= 4 is 24.4 Å². The van der Waals surface area contributed by atoms with Crippen LogP contribution in [0.4, 0.5) is 0 Å². The Morgan fingerprint density at radius 3 is 2.18 bits per heavy atom. The molecular weight excluding hydrogens is 164 g/mol. The summed E-state index contributed by atoms with van der Waals surface area (Å²) in [6.07, 6.45) is 0.278. The normalized spacial score (nSPS) is 13.1.